The smallest absolute Gasteiger partial charge is 0.270 e. The van der Waals surface area contributed by atoms with E-state index in [2.05, 4.69) is 15.2 Å². The molecule has 6 nitrogen and oxygen atoms in total. The Labute approximate surface area is 131 Å². The fraction of sp³-hybridized carbons (Fsp3) is 0.500. The highest BCUT2D eigenvalue weighted by atomic mass is 16.5. The fourth-order valence-electron chi connectivity index (χ4n) is 2.38. The quantitative estimate of drug-likeness (QED) is 0.791. The molecule has 0 aliphatic heterocycles. The number of hydrogen-bond donors (Lipinski definition) is 1. The van der Waals surface area contributed by atoms with Crippen molar-refractivity contribution in [1.82, 2.24) is 19.6 Å². The fourth-order valence-corrected chi connectivity index (χ4v) is 2.38. The van der Waals surface area contributed by atoms with E-state index in [0.717, 1.165) is 13.0 Å². The molecule has 2 aromatic rings. The highest BCUT2D eigenvalue weighted by molar-refractivity contribution is 5.94. The van der Waals surface area contributed by atoms with Crippen molar-refractivity contribution >= 4 is 11.6 Å². The number of pyridine rings is 1. The lowest BCUT2D eigenvalue weighted by atomic mass is 10.3. The lowest BCUT2D eigenvalue weighted by Crippen LogP contribution is -2.28. The van der Waals surface area contributed by atoms with Crippen molar-refractivity contribution in [2.75, 3.05) is 33.8 Å². The standard InChI is InChI=1S/C16H24N4O2/c1-5-22-13-8-6-11-20-14(12(2)18-15(13)20)16(21)17-9-7-10-19(3)4/h6,8,11H,5,7,9-10H2,1-4H3,(H,17,21). The molecule has 0 aliphatic carbocycles. The van der Waals surface area contributed by atoms with E-state index in [4.69, 9.17) is 4.74 Å². The number of carbonyl (C=O) groups excluding carboxylic acids is 1. The van der Waals surface area contributed by atoms with Gasteiger partial charge in [0.05, 0.1) is 12.3 Å². The van der Waals surface area contributed by atoms with E-state index in [0.29, 0.717) is 35.9 Å². The molecule has 0 unspecified atom stereocenters. The van der Waals surface area contributed by atoms with Gasteiger partial charge in [-0.2, -0.15) is 0 Å². The van der Waals surface area contributed by atoms with Gasteiger partial charge in [-0.25, -0.2) is 4.98 Å². The number of imidazole rings is 1. The molecule has 0 fully saturated rings. The summed E-state index contributed by atoms with van der Waals surface area (Å²) in [5.41, 5.74) is 1.96. The van der Waals surface area contributed by atoms with Gasteiger partial charge in [0, 0.05) is 12.7 Å². The van der Waals surface area contributed by atoms with Crippen molar-refractivity contribution in [1.29, 1.82) is 0 Å². The van der Waals surface area contributed by atoms with Crippen LogP contribution >= 0.6 is 0 Å². The second-order valence-electron chi connectivity index (χ2n) is 5.46. The summed E-state index contributed by atoms with van der Waals surface area (Å²) in [6, 6.07) is 3.73. The molecule has 0 aromatic carbocycles. The Morgan fingerprint density at radius 1 is 1.45 bits per heavy atom. The average molecular weight is 304 g/mol. The predicted molar refractivity (Wildman–Crippen MR) is 86.6 cm³/mol. The number of carbonyl (C=O) groups is 1. The number of aryl methyl sites for hydroxylation is 1. The van der Waals surface area contributed by atoms with Crippen molar-refractivity contribution in [3.05, 3.63) is 29.7 Å². The Bertz CT molecular complexity index is 649. The Balaban J connectivity index is 2.18. The number of nitrogens with one attached hydrogen (secondary N) is 1. The van der Waals surface area contributed by atoms with Crippen LogP contribution < -0.4 is 10.1 Å². The SMILES string of the molecule is CCOc1cccn2c(C(=O)NCCCN(C)C)c(C)nc12. The molecular formula is C16H24N4O2. The Morgan fingerprint density at radius 3 is 2.91 bits per heavy atom. The van der Waals surface area contributed by atoms with E-state index in [1.54, 1.807) is 4.40 Å². The lowest BCUT2D eigenvalue weighted by Gasteiger charge is -2.10. The van der Waals surface area contributed by atoms with Gasteiger partial charge in [0.1, 0.15) is 5.69 Å². The van der Waals surface area contributed by atoms with Crippen LogP contribution in [0.5, 0.6) is 5.75 Å². The third kappa shape index (κ3) is 3.57. The maximum Gasteiger partial charge on any atom is 0.270 e. The lowest BCUT2D eigenvalue weighted by molar-refractivity contribution is 0.0946. The van der Waals surface area contributed by atoms with E-state index in [1.165, 1.54) is 0 Å². The zero-order chi connectivity index (χ0) is 16.1. The molecule has 6 heteroatoms. The van der Waals surface area contributed by atoms with Gasteiger partial charge >= 0.3 is 0 Å². The molecule has 0 atom stereocenters. The molecule has 1 amide bonds. The number of nitrogens with zero attached hydrogens (tertiary/aromatic N) is 3. The largest absolute Gasteiger partial charge is 0.490 e. The third-order valence-electron chi connectivity index (χ3n) is 3.37. The first-order valence-electron chi connectivity index (χ1n) is 7.58. The Hall–Kier alpha value is -2.08. The molecule has 0 spiro atoms. The number of rotatable bonds is 7. The highest BCUT2D eigenvalue weighted by Crippen LogP contribution is 2.21. The van der Waals surface area contributed by atoms with Crippen molar-refractivity contribution in [2.45, 2.75) is 20.3 Å². The van der Waals surface area contributed by atoms with Gasteiger partial charge in [0.15, 0.2) is 11.4 Å². The maximum atomic E-state index is 12.4. The topological polar surface area (TPSA) is 58.9 Å². The normalized spacial score (nSPS) is 11.1. The first kappa shape index (κ1) is 16.3. The van der Waals surface area contributed by atoms with E-state index in [9.17, 15) is 4.79 Å². The second-order valence-corrected chi connectivity index (χ2v) is 5.46. The van der Waals surface area contributed by atoms with Gasteiger partial charge in [-0.3, -0.25) is 9.20 Å². The van der Waals surface area contributed by atoms with Gasteiger partial charge in [-0.05, 0) is 53.0 Å². The van der Waals surface area contributed by atoms with Gasteiger partial charge in [0.2, 0.25) is 0 Å². The van der Waals surface area contributed by atoms with Crippen LogP contribution in [0, 0.1) is 6.92 Å². The zero-order valence-electron chi connectivity index (χ0n) is 13.7. The average Bonchev–Trinajstić information content (AvgIpc) is 2.81. The van der Waals surface area contributed by atoms with Crippen molar-refractivity contribution < 1.29 is 9.53 Å². The van der Waals surface area contributed by atoms with Crippen LogP contribution in [-0.4, -0.2) is 54.0 Å². The van der Waals surface area contributed by atoms with Crippen LogP contribution in [0.15, 0.2) is 18.3 Å². The summed E-state index contributed by atoms with van der Waals surface area (Å²) in [5, 5.41) is 2.96. The van der Waals surface area contributed by atoms with Gasteiger partial charge in [-0.1, -0.05) is 0 Å². The molecule has 0 saturated carbocycles. The van der Waals surface area contributed by atoms with Crippen LogP contribution in [0.2, 0.25) is 0 Å². The summed E-state index contributed by atoms with van der Waals surface area (Å²) in [6.07, 6.45) is 2.76. The zero-order valence-corrected chi connectivity index (χ0v) is 13.7. The number of aromatic nitrogens is 2. The number of fused-ring (bicyclic) bond motifs is 1. The summed E-state index contributed by atoms with van der Waals surface area (Å²) >= 11 is 0. The summed E-state index contributed by atoms with van der Waals surface area (Å²) in [6.45, 7) is 5.93. The minimum atomic E-state index is -0.0996. The van der Waals surface area contributed by atoms with Gasteiger partial charge in [0.25, 0.3) is 5.91 Å². The van der Waals surface area contributed by atoms with Gasteiger partial charge in [-0.15, -0.1) is 0 Å². The molecule has 0 bridgehead atoms. The minimum absolute atomic E-state index is 0.0996. The Kier molecular flexibility index (Phi) is 5.38. The first-order valence-corrected chi connectivity index (χ1v) is 7.58. The molecule has 0 radical (unpaired) electrons. The van der Waals surface area contributed by atoms with Crippen LogP contribution in [0.3, 0.4) is 0 Å². The molecule has 2 rings (SSSR count). The van der Waals surface area contributed by atoms with Crippen LogP contribution in [0.1, 0.15) is 29.5 Å². The molecule has 22 heavy (non-hydrogen) atoms. The molecule has 2 aromatic heterocycles. The monoisotopic (exact) mass is 304 g/mol. The van der Waals surface area contributed by atoms with Gasteiger partial charge < -0.3 is 15.0 Å². The highest BCUT2D eigenvalue weighted by Gasteiger charge is 2.18. The van der Waals surface area contributed by atoms with Crippen LogP contribution in [-0.2, 0) is 0 Å². The summed E-state index contributed by atoms with van der Waals surface area (Å²) in [4.78, 5) is 19.0. The number of ether oxygens (including phenoxy) is 1. The number of amides is 1. The summed E-state index contributed by atoms with van der Waals surface area (Å²) < 4.78 is 7.36. The van der Waals surface area contributed by atoms with Crippen LogP contribution in [0.25, 0.3) is 5.65 Å². The molecule has 0 saturated heterocycles. The summed E-state index contributed by atoms with van der Waals surface area (Å²) in [5.74, 6) is 0.595. The van der Waals surface area contributed by atoms with E-state index >= 15 is 0 Å². The van der Waals surface area contributed by atoms with Crippen LogP contribution in [0.4, 0.5) is 0 Å². The summed E-state index contributed by atoms with van der Waals surface area (Å²) in [7, 11) is 4.04. The van der Waals surface area contributed by atoms with Crippen molar-refractivity contribution in [3.8, 4) is 5.75 Å². The third-order valence-corrected chi connectivity index (χ3v) is 3.37. The molecule has 120 valence electrons. The molecule has 2 heterocycles. The second kappa shape index (κ2) is 7.26. The van der Waals surface area contributed by atoms with E-state index in [-0.39, 0.29) is 5.91 Å². The number of hydrogen-bond acceptors (Lipinski definition) is 4. The molecule has 0 aliphatic rings. The van der Waals surface area contributed by atoms with E-state index < -0.39 is 0 Å². The van der Waals surface area contributed by atoms with E-state index in [1.807, 2.05) is 46.3 Å². The molecular weight excluding hydrogens is 280 g/mol. The maximum absolute atomic E-state index is 12.4. The predicted octanol–water partition coefficient (Wildman–Crippen LogP) is 1.72. The minimum Gasteiger partial charge on any atom is -0.490 e. The van der Waals surface area contributed by atoms with Crippen molar-refractivity contribution in [2.24, 2.45) is 0 Å². The molecule has 1 N–H and O–H groups in total. The Morgan fingerprint density at radius 2 is 2.23 bits per heavy atom. The first-order chi connectivity index (χ1) is 10.5. The van der Waals surface area contributed by atoms with Crippen molar-refractivity contribution in [3.63, 3.8) is 0 Å².